The molecule has 0 bridgehead atoms. The van der Waals surface area contributed by atoms with Gasteiger partial charge in [0.15, 0.2) is 0 Å². The molecule has 28 heavy (non-hydrogen) atoms. The number of benzene rings is 3. The highest BCUT2D eigenvalue weighted by atomic mass is 14.2. The average Bonchev–Trinajstić information content (AvgIpc) is 2.68. The van der Waals surface area contributed by atoms with E-state index in [4.69, 9.17) is 0 Å². The minimum Gasteiger partial charge on any atom is -0.0625 e. The molecule has 0 aliphatic heterocycles. The van der Waals surface area contributed by atoms with Crippen molar-refractivity contribution in [2.75, 3.05) is 0 Å². The van der Waals surface area contributed by atoms with E-state index < -0.39 is 0 Å². The second-order valence-electron chi connectivity index (χ2n) is 8.87. The highest BCUT2D eigenvalue weighted by Gasteiger charge is 2.13. The van der Waals surface area contributed by atoms with Crippen molar-refractivity contribution in [1.82, 2.24) is 0 Å². The molecule has 1 aliphatic carbocycles. The molecule has 0 N–H and O–H groups in total. The van der Waals surface area contributed by atoms with E-state index in [-0.39, 0.29) is 1.43 Å². The Labute approximate surface area is 174 Å². The fraction of sp³-hybridized carbons (Fsp3) is 0.429. The summed E-state index contributed by atoms with van der Waals surface area (Å²) in [5.41, 5.74) is 5.31. The zero-order chi connectivity index (χ0) is 20.5. The second kappa shape index (κ2) is 11.1. The summed E-state index contributed by atoms with van der Waals surface area (Å²) in [6.45, 7) is 13.2. The van der Waals surface area contributed by atoms with E-state index in [0.29, 0.717) is 0 Å². The van der Waals surface area contributed by atoms with Crippen LogP contribution in [0.1, 0.15) is 63.2 Å². The number of hydrogen-bond acceptors (Lipinski definition) is 0. The first-order valence-electron chi connectivity index (χ1n) is 10.8. The van der Waals surface area contributed by atoms with E-state index >= 15 is 0 Å². The van der Waals surface area contributed by atoms with Gasteiger partial charge in [-0.1, -0.05) is 122 Å². The largest absolute Gasteiger partial charge is 0.0625 e. The Kier molecular flexibility index (Phi) is 8.77. The third-order valence-corrected chi connectivity index (χ3v) is 5.67. The standard InChI is InChI=1S/C12H12.C8H16.C8H10.H2/c1-9-3-5-12-8-10(2)4-6-11(12)7-9;2*1-7-3-5-8(2)6-4-7;/h3-8H,1-2H3;7-8H,3-6H2,1-2H3;3-6H,1-2H3;1H. The number of fused-ring (bicyclic) bond motifs is 1. The van der Waals surface area contributed by atoms with Crippen LogP contribution in [0.5, 0.6) is 0 Å². The summed E-state index contributed by atoms with van der Waals surface area (Å²) < 4.78 is 0. The summed E-state index contributed by atoms with van der Waals surface area (Å²) in [5, 5.41) is 2.67. The van der Waals surface area contributed by atoms with Gasteiger partial charge in [-0.15, -0.1) is 0 Å². The van der Waals surface area contributed by atoms with Gasteiger partial charge in [0.25, 0.3) is 0 Å². The van der Waals surface area contributed by atoms with Crippen molar-refractivity contribution in [3.8, 4) is 0 Å². The maximum atomic E-state index is 2.37. The molecule has 0 amide bonds. The molecule has 0 radical (unpaired) electrons. The molecular weight excluding hydrogens is 336 g/mol. The van der Waals surface area contributed by atoms with Crippen LogP contribution in [-0.4, -0.2) is 0 Å². The first kappa shape index (κ1) is 22.2. The van der Waals surface area contributed by atoms with Gasteiger partial charge in [-0.25, -0.2) is 0 Å². The Balaban J connectivity index is 0.000000221. The van der Waals surface area contributed by atoms with E-state index in [1.807, 2.05) is 0 Å². The van der Waals surface area contributed by atoms with Gasteiger partial charge in [0.05, 0.1) is 0 Å². The predicted octanol–water partition coefficient (Wildman–Crippen LogP) is 8.84. The number of aryl methyl sites for hydroxylation is 4. The summed E-state index contributed by atoms with van der Waals surface area (Å²) in [4.78, 5) is 0. The van der Waals surface area contributed by atoms with Gasteiger partial charge in [-0.2, -0.15) is 0 Å². The van der Waals surface area contributed by atoms with Crippen LogP contribution < -0.4 is 0 Å². The normalized spacial score (nSPS) is 18.5. The van der Waals surface area contributed by atoms with E-state index in [2.05, 4.69) is 102 Å². The van der Waals surface area contributed by atoms with Crippen LogP contribution in [0.15, 0.2) is 60.7 Å². The minimum absolute atomic E-state index is 0. The average molecular weight is 377 g/mol. The topological polar surface area (TPSA) is 0 Å². The lowest BCUT2D eigenvalue weighted by atomic mass is 9.84. The highest BCUT2D eigenvalue weighted by molar-refractivity contribution is 5.83. The molecule has 1 fully saturated rings. The fourth-order valence-electron chi connectivity index (χ4n) is 3.55. The molecule has 1 saturated carbocycles. The molecule has 152 valence electrons. The highest BCUT2D eigenvalue weighted by Crippen LogP contribution is 2.27. The summed E-state index contributed by atoms with van der Waals surface area (Å²) in [5.74, 6) is 2.04. The lowest BCUT2D eigenvalue weighted by molar-refractivity contribution is 0.308. The Bertz CT molecular complexity index is 768. The van der Waals surface area contributed by atoms with Crippen molar-refractivity contribution in [3.63, 3.8) is 0 Å². The van der Waals surface area contributed by atoms with Crippen molar-refractivity contribution in [3.05, 3.63) is 82.9 Å². The van der Waals surface area contributed by atoms with Crippen LogP contribution in [0.25, 0.3) is 10.8 Å². The summed E-state index contributed by atoms with van der Waals surface area (Å²) in [6.07, 6.45) is 5.89. The third-order valence-electron chi connectivity index (χ3n) is 5.67. The van der Waals surface area contributed by atoms with Crippen molar-refractivity contribution in [1.29, 1.82) is 0 Å². The van der Waals surface area contributed by atoms with Gasteiger partial charge in [0.2, 0.25) is 0 Å². The van der Waals surface area contributed by atoms with E-state index in [1.165, 1.54) is 58.7 Å². The minimum atomic E-state index is 0. The molecule has 3 aromatic rings. The molecule has 4 rings (SSSR count). The van der Waals surface area contributed by atoms with Gasteiger partial charge < -0.3 is 0 Å². The zero-order valence-electron chi connectivity index (χ0n) is 18.8. The Hall–Kier alpha value is -2.08. The summed E-state index contributed by atoms with van der Waals surface area (Å²) in [6, 6.07) is 21.6. The molecule has 0 atom stereocenters. The molecule has 0 heteroatoms. The van der Waals surface area contributed by atoms with Crippen LogP contribution >= 0.6 is 0 Å². The van der Waals surface area contributed by atoms with Crippen molar-refractivity contribution in [2.45, 2.75) is 67.2 Å². The summed E-state index contributed by atoms with van der Waals surface area (Å²) in [7, 11) is 0. The van der Waals surface area contributed by atoms with Crippen molar-refractivity contribution >= 4 is 10.8 Å². The third kappa shape index (κ3) is 7.89. The van der Waals surface area contributed by atoms with Crippen molar-refractivity contribution in [2.24, 2.45) is 11.8 Å². The molecular formula is C28H40. The predicted molar refractivity (Wildman–Crippen MR) is 128 cm³/mol. The maximum Gasteiger partial charge on any atom is 0 e. The second-order valence-corrected chi connectivity index (χ2v) is 8.87. The summed E-state index contributed by atoms with van der Waals surface area (Å²) >= 11 is 0. The number of hydrogen-bond donors (Lipinski definition) is 0. The molecule has 0 nitrogen and oxygen atoms in total. The Morgan fingerprint density at radius 2 is 0.786 bits per heavy atom. The molecule has 0 spiro atoms. The quantitative estimate of drug-likeness (QED) is 0.367. The smallest absolute Gasteiger partial charge is 0 e. The van der Waals surface area contributed by atoms with E-state index in [9.17, 15) is 0 Å². The van der Waals surface area contributed by atoms with Gasteiger partial charge >= 0.3 is 0 Å². The molecule has 1 aliphatic rings. The van der Waals surface area contributed by atoms with Crippen LogP contribution in [-0.2, 0) is 0 Å². The van der Waals surface area contributed by atoms with Crippen LogP contribution in [0.3, 0.4) is 0 Å². The van der Waals surface area contributed by atoms with E-state index in [0.717, 1.165) is 11.8 Å². The molecule has 3 aromatic carbocycles. The lowest BCUT2D eigenvalue weighted by Gasteiger charge is -2.22. The van der Waals surface area contributed by atoms with Crippen LogP contribution in [0, 0.1) is 39.5 Å². The molecule has 0 saturated heterocycles. The monoisotopic (exact) mass is 376 g/mol. The van der Waals surface area contributed by atoms with Gasteiger partial charge in [0.1, 0.15) is 0 Å². The Morgan fingerprint density at radius 1 is 0.500 bits per heavy atom. The SMILES string of the molecule is CC1CCC(C)CC1.Cc1ccc(C)cc1.Cc1ccc2cc(C)ccc2c1.[HH]. The zero-order valence-corrected chi connectivity index (χ0v) is 18.8. The molecule has 0 unspecified atom stereocenters. The first-order chi connectivity index (χ1) is 13.3. The van der Waals surface area contributed by atoms with Gasteiger partial charge in [-0.3, -0.25) is 0 Å². The van der Waals surface area contributed by atoms with Gasteiger partial charge in [0, 0.05) is 1.43 Å². The molecule has 0 aromatic heterocycles. The van der Waals surface area contributed by atoms with Gasteiger partial charge in [-0.05, 0) is 50.3 Å². The lowest BCUT2D eigenvalue weighted by Crippen LogP contribution is -2.08. The van der Waals surface area contributed by atoms with Crippen LogP contribution in [0.2, 0.25) is 0 Å². The van der Waals surface area contributed by atoms with E-state index in [1.54, 1.807) is 0 Å². The van der Waals surface area contributed by atoms with Crippen LogP contribution in [0.4, 0.5) is 0 Å². The maximum absolute atomic E-state index is 2.37. The molecule has 0 heterocycles. The number of rotatable bonds is 0. The first-order valence-corrected chi connectivity index (χ1v) is 10.8. The van der Waals surface area contributed by atoms with Crippen molar-refractivity contribution < 1.29 is 1.43 Å². The fourth-order valence-corrected chi connectivity index (χ4v) is 3.55. The Morgan fingerprint density at radius 3 is 1.11 bits per heavy atom.